The minimum absolute atomic E-state index is 0.00977. The third-order valence-electron chi connectivity index (χ3n) is 3.81. The maximum Gasteiger partial charge on any atom is 0.256 e. The topological polar surface area (TPSA) is 89.2 Å². The van der Waals surface area contributed by atoms with Crippen LogP contribution < -0.4 is 5.32 Å². The molecule has 7 nitrogen and oxygen atoms in total. The van der Waals surface area contributed by atoms with E-state index in [0.29, 0.717) is 23.0 Å². The summed E-state index contributed by atoms with van der Waals surface area (Å²) in [5, 5.41) is 11.6. The number of hydrogen-bond acceptors (Lipinski definition) is 6. The molecule has 0 saturated carbocycles. The summed E-state index contributed by atoms with van der Waals surface area (Å²) in [4.78, 5) is 27.7. The molecule has 0 aliphatic carbocycles. The van der Waals surface area contributed by atoms with Crippen LogP contribution in [0.25, 0.3) is 5.78 Å². The van der Waals surface area contributed by atoms with E-state index < -0.39 is 0 Å². The number of hydrogen-bond donors (Lipinski definition) is 1. The maximum atomic E-state index is 12.4. The number of carbonyl (C=O) groups is 2. The standard InChI is InChI=1S/C18H19N5O2S/c1-11-8-12(2)23-17(20-11)21-22-18(23)26-10-16(25)15-6-4-14(5-7-15)9-19-13(3)24/h4-8H,9-10H2,1-3H3,(H,19,24). The number of thioether (sulfide) groups is 1. The number of aromatic nitrogens is 4. The normalized spacial score (nSPS) is 10.9. The molecule has 2 heterocycles. The van der Waals surface area contributed by atoms with Crippen molar-refractivity contribution in [2.24, 2.45) is 0 Å². The van der Waals surface area contributed by atoms with Gasteiger partial charge in [-0.15, -0.1) is 10.2 Å². The van der Waals surface area contributed by atoms with Crippen LogP contribution >= 0.6 is 11.8 Å². The zero-order chi connectivity index (χ0) is 18.7. The first-order chi connectivity index (χ1) is 12.4. The van der Waals surface area contributed by atoms with Gasteiger partial charge in [0.05, 0.1) is 5.75 Å². The summed E-state index contributed by atoms with van der Waals surface area (Å²) in [6.07, 6.45) is 0. The van der Waals surface area contributed by atoms with Crippen molar-refractivity contribution in [2.45, 2.75) is 32.5 Å². The molecule has 0 fully saturated rings. The number of rotatable bonds is 6. The van der Waals surface area contributed by atoms with E-state index in [4.69, 9.17) is 0 Å². The molecule has 0 bridgehead atoms. The van der Waals surface area contributed by atoms with Gasteiger partial charge in [0.15, 0.2) is 10.9 Å². The van der Waals surface area contributed by atoms with Crippen LogP contribution in [0.1, 0.15) is 34.2 Å². The molecule has 2 aromatic heterocycles. The molecular formula is C18H19N5O2S. The first-order valence-electron chi connectivity index (χ1n) is 8.13. The van der Waals surface area contributed by atoms with Crippen LogP contribution in [0.5, 0.6) is 0 Å². The second kappa shape index (κ2) is 7.65. The van der Waals surface area contributed by atoms with Gasteiger partial charge in [0.25, 0.3) is 5.78 Å². The second-order valence-corrected chi connectivity index (χ2v) is 6.92. The van der Waals surface area contributed by atoms with Crippen molar-refractivity contribution >= 4 is 29.2 Å². The average Bonchev–Trinajstić information content (AvgIpc) is 3.01. The molecule has 0 aliphatic heterocycles. The Morgan fingerprint density at radius 3 is 2.58 bits per heavy atom. The summed E-state index contributed by atoms with van der Waals surface area (Å²) in [6, 6.07) is 9.20. The van der Waals surface area contributed by atoms with Gasteiger partial charge in [0.1, 0.15) is 0 Å². The van der Waals surface area contributed by atoms with E-state index in [2.05, 4.69) is 20.5 Å². The summed E-state index contributed by atoms with van der Waals surface area (Å²) in [5.74, 6) is 0.733. The van der Waals surface area contributed by atoms with Crippen molar-refractivity contribution in [1.29, 1.82) is 0 Å². The van der Waals surface area contributed by atoms with E-state index in [1.807, 2.05) is 36.4 Å². The minimum Gasteiger partial charge on any atom is -0.352 e. The Kier molecular flexibility index (Phi) is 5.32. The summed E-state index contributed by atoms with van der Waals surface area (Å²) in [7, 11) is 0. The van der Waals surface area contributed by atoms with Crippen molar-refractivity contribution in [3.63, 3.8) is 0 Å². The molecule has 3 rings (SSSR count). The van der Waals surface area contributed by atoms with Crippen molar-refractivity contribution in [2.75, 3.05) is 5.75 Å². The summed E-state index contributed by atoms with van der Waals surface area (Å²) in [6.45, 7) is 5.80. The van der Waals surface area contributed by atoms with Crippen molar-refractivity contribution in [1.82, 2.24) is 24.9 Å². The number of nitrogens with zero attached hydrogens (tertiary/aromatic N) is 4. The van der Waals surface area contributed by atoms with Gasteiger partial charge in [-0.05, 0) is 25.5 Å². The van der Waals surface area contributed by atoms with Crippen LogP contribution in [0.3, 0.4) is 0 Å². The highest BCUT2D eigenvalue weighted by Crippen LogP contribution is 2.20. The molecule has 0 radical (unpaired) electrons. The molecule has 1 aromatic carbocycles. The SMILES string of the molecule is CC(=O)NCc1ccc(C(=O)CSc2nnc3nc(C)cc(C)n23)cc1. The lowest BCUT2D eigenvalue weighted by Gasteiger charge is -2.05. The number of fused-ring (bicyclic) bond motifs is 1. The van der Waals surface area contributed by atoms with Gasteiger partial charge in [-0.3, -0.25) is 14.0 Å². The number of amides is 1. The minimum atomic E-state index is -0.0814. The van der Waals surface area contributed by atoms with Gasteiger partial charge >= 0.3 is 0 Å². The van der Waals surface area contributed by atoms with E-state index >= 15 is 0 Å². The highest BCUT2D eigenvalue weighted by Gasteiger charge is 2.13. The fourth-order valence-corrected chi connectivity index (χ4v) is 3.42. The lowest BCUT2D eigenvalue weighted by Crippen LogP contribution is -2.18. The van der Waals surface area contributed by atoms with Crippen LogP contribution in [0.15, 0.2) is 35.5 Å². The lowest BCUT2D eigenvalue weighted by molar-refractivity contribution is -0.119. The van der Waals surface area contributed by atoms with E-state index in [0.717, 1.165) is 17.0 Å². The third kappa shape index (κ3) is 4.08. The van der Waals surface area contributed by atoms with E-state index in [-0.39, 0.29) is 17.4 Å². The monoisotopic (exact) mass is 369 g/mol. The Hall–Kier alpha value is -2.74. The number of ketones is 1. The zero-order valence-electron chi connectivity index (χ0n) is 14.8. The fourth-order valence-electron chi connectivity index (χ4n) is 2.54. The molecule has 0 spiro atoms. The summed E-state index contributed by atoms with van der Waals surface area (Å²) in [5.41, 5.74) is 3.44. The Balaban J connectivity index is 1.66. The Labute approximate surface area is 155 Å². The van der Waals surface area contributed by atoms with Crippen LogP contribution in [-0.4, -0.2) is 37.0 Å². The Morgan fingerprint density at radius 2 is 1.88 bits per heavy atom. The number of nitrogens with one attached hydrogen (secondary N) is 1. The molecule has 26 heavy (non-hydrogen) atoms. The highest BCUT2D eigenvalue weighted by molar-refractivity contribution is 7.99. The average molecular weight is 369 g/mol. The predicted octanol–water partition coefficient (Wildman–Crippen LogP) is 2.35. The predicted molar refractivity (Wildman–Crippen MR) is 99.3 cm³/mol. The van der Waals surface area contributed by atoms with Gasteiger partial charge in [-0.25, -0.2) is 4.98 Å². The van der Waals surface area contributed by atoms with Gasteiger partial charge < -0.3 is 5.32 Å². The third-order valence-corrected chi connectivity index (χ3v) is 4.74. The Bertz CT molecular complexity index is 966. The fraction of sp³-hybridized carbons (Fsp3) is 0.278. The maximum absolute atomic E-state index is 12.4. The summed E-state index contributed by atoms with van der Waals surface area (Å²) >= 11 is 1.34. The molecule has 0 aliphatic rings. The molecule has 0 atom stereocenters. The highest BCUT2D eigenvalue weighted by atomic mass is 32.2. The van der Waals surface area contributed by atoms with Gasteiger partial charge in [0, 0.05) is 30.4 Å². The van der Waals surface area contributed by atoms with Crippen molar-refractivity contribution in [3.05, 3.63) is 52.8 Å². The smallest absolute Gasteiger partial charge is 0.256 e. The first-order valence-corrected chi connectivity index (χ1v) is 9.11. The summed E-state index contributed by atoms with van der Waals surface area (Å²) < 4.78 is 1.85. The molecule has 1 amide bonds. The van der Waals surface area contributed by atoms with Gasteiger partial charge in [-0.2, -0.15) is 0 Å². The van der Waals surface area contributed by atoms with Crippen LogP contribution in [-0.2, 0) is 11.3 Å². The molecule has 0 saturated heterocycles. The number of aryl methyl sites for hydroxylation is 2. The largest absolute Gasteiger partial charge is 0.352 e. The van der Waals surface area contributed by atoms with E-state index in [1.54, 1.807) is 12.1 Å². The van der Waals surface area contributed by atoms with Crippen molar-refractivity contribution < 1.29 is 9.59 Å². The van der Waals surface area contributed by atoms with Crippen LogP contribution in [0.4, 0.5) is 0 Å². The van der Waals surface area contributed by atoms with Gasteiger partial charge in [-0.1, -0.05) is 36.0 Å². The number of Topliss-reactive ketones (excluding diaryl/α,β-unsaturated/α-hetero) is 1. The quantitative estimate of drug-likeness (QED) is 0.530. The van der Waals surface area contributed by atoms with Crippen LogP contribution in [0, 0.1) is 13.8 Å². The van der Waals surface area contributed by atoms with E-state index in [1.165, 1.54) is 18.7 Å². The molecule has 8 heteroatoms. The molecule has 134 valence electrons. The first kappa shape index (κ1) is 18.1. The molecular weight excluding hydrogens is 350 g/mol. The van der Waals surface area contributed by atoms with Crippen LogP contribution in [0.2, 0.25) is 0 Å². The van der Waals surface area contributed by atoms with Gasteiger partial charge in [0.2, 0.25) is 5.91 Å². The number of benzene rings is 1. The van der Waals surface area contributed by atoms with Crippen molar-refractivity contribution in [3.8, 4) is 0 Å². The molecule has 3 aromatic rings. The number of carbonyl (C=O) groups excluding carboxylic acids is 2. The zero-order valence-corrected chi connectivity index (χ0v) is 15.6. The van der Waals surface area contributed by atoms with E-state index in [9.17, 15) is 9.59 Å². The Morgan fingerprint density at radius 1 is 1.15 bits per heavy atom. The lowest BCUT2D eigenvalue weighted by atomic mass is 10.1. The molecule has 0 unspecified atom stereocenters. The molecule has 1 N–H and O–H groups in total. The second-order valence-electron chi connectivity index (χ2n) is 5.98.